The van der Waals surface area contributed by atoms with Crippen molar-refractivity contribution in [2.75, 3.05) is 0 Å². The van der Waals surface area contributed by atoms with Crippen LogP contribution in [0.25, 0.3) is 0 Å². The molecule has 0 saturated carbocycles. The van der Waals surface area contributed by atoms with E-state index in [1.165, 1.54) is 17.8 Å². The minimum Gasteiger partial charge on any atom is -0.479 e. The Hall–Kier alpha value is -3.13. The molecule has 2 aromatic heterocycles. The van der Waals surface area contributed by atoms with Gasteiger partial charge in [-0.05, 0) is 25.1 Å². The van der Waals surface area contributed by atoms with E-state index < -0.39 is 17.5 Å². The number of nitrogens with zero attached hydrogens (tertiary/aromatic N) is 2. The topological polar surface area (TPSA) is 91.5 Å². The third-order valence-electron chi connectivity index (χ3n) is 3.34. The van der Waals surface area contributed by atoms with Gasteiger partial charge >= 0.3 is 5.97 Å². The van der Waals surface area contributed by atoms with Gasteiger partial charge in [-0.1, -0.05) is 30.0 Å². The van der Waals surface area contributed by atoms with Gasteiger partial charge in [-0.3, -0.25) is 4.79 Å². The first-order valence-electron chi connectivity index (χ1n) is 8.07. The van der Waals surface area contributed by atoms with Gasteiger partial charge in [0.1, 0.15) is 17.8 Å². The van der Waals surface area contributed by atoms with E-state index in [9.17, 15) is 9.59 Å². The molecular weight excluding hydrogens is 368 g/mol. The molecule has 0 N–H and O–H groups in total. The second-order valence-corrected chi connectivity index (χ2v) is 6.33. The number of hydrogen-bond donors (Lipinski definition) is 0. The van der Waals surface area contributed by atoms with Crippen molar-refractivity contribution in [1.29, 1.82) is 0 Å². The monoisotopic (exact) mass is 384 g/mol. The standard InChI is InChI=1S/C19H16N2O5S/c1-13(25-14-6-3-2-4-7-14)18(23)26-17-11-24-15(10-16(17)22)12-27-19-20-8-5-9-21-19/h2-11,13H,12H2,1H3/t13-/m0/s1. The molecule has 1 aromatic carbocycles. The number of hydrogen-bond acceptors (Lipinski definition) is 8. The number of ether oxygens (including phenoxy) is 2. The fraction of sp³-hybridized carbons (Fsp3) is 0.158. The van der Waals surface area contributed by atoms with E-state index in [-0.39, 0.29) is 5.75 Å². The summed E-state index contributed by atoms with van der Waals surface area (Å²) in [5, 5.41) is 0.572. The lowest BCUT2D eigenvalue weighted by Crippen LogP contribution is -2.29. The molecule has 0 fully saturated rings. The summed E-state index contributed by atoms with van der Waals surface area (Å²) in [7, 11) is 0. The Morgan fingerprint density at radius 2 is 1.93 bits per heavy atom. The number of para-hydroxylation sites is 1. The molecule has 0 saturated heterocycles. The largest absolute Gasteiger partial charge is 0.479 e. The summed E-state index contributed by atoms with van der Waals surface area (Å²) in [4.78, 5) is 32.4. The van der Waals surface area contributed by atoms with E-state index in [0.29, 0.717) is 22.4 Å². The molecule has 138 valence electrons. The van der Waals surface area contributed by atoms with Crippen LogP contribution in [0.2, 0.25) is 0 Å². The first kappa shape index (κ1) is 18.7. The zero-order valence-corrected chi connectivity index (χ0v) is 15.2. The molecular formula is C19H16N2O5S. The lowest BCUT2D eigenvalue weighted by atomic mass is 10.3. The number of rotatable bonds is 7. The van der Waals surface area contributed by atoms with Crippen LogP contribution in [0.1, 0.15) is 12.7 Å². The number of benzene rings is 1. The lowest BCUT2D eigenvalue weighted by Gasteiger charge is -2.13. The highest BCUT2D eigenvalue weighted by Crippen LogP contribution is 2.19. The maximum absolute atomic E-state index is 12.1. The third-order valence-corrected chi connectivity index (χ3v) is 4.23. The van der Waals surface area contributed by atoms with Crippen LogP contribution in [0.15, 0.2) is 75.5 Å². The maximum Gasteiger partial charge on any atom is 0.352 e. The Kier molecular flexibility index (Phi) is 6.22. The highest BCUT2D eigenvalue weighted by Gasteiger charge is 2.19. The summed E-state index contributed by atoms with van der Waals surface area (Å²) in [5.74, 6) is 0.454. The van der Waals surface area contributed by atoms with Crippen LogP contribution in [0.4, 0.5) is 0 Å². The van der Waals surface area contributed by atoms with E-state index in [4.69, 9.17) is 13.9 Å². The van der Waals surface area contributed by atoms with Crippen LogP contribution in [0.5, 0.6) is 11.5 Å². The van der Waals surface area contributed by atoms with Gasteiger partial charge in [0.05, 0.1) is 5.75 Å². The van der Waals surface area contributed by atoms with E-state index in [2.05, 4.69) is 9.97 Å². The number of carbonyl (C=O) groups excluding carboxylic acids is 1. The summed E-state index contributed by atoms with van der Waals surface area (Å²) < 4.78 is 15.9. The SMILES string of the molecule is C[C@H](Oc1ccccc1)C(=O)Oc1coc(CSc2ncccn2)cc1=O. The van der Waals surface area contributed by atoms with E-state index in [0.717, 1.165) is 6.26 Å². The normalized spacial score (nSPS) is 11.6. The predicted molar refractivity (Wildman–Crippen MR) is 98.7 cm³/mol. The van der Waals surface area contributed by atoms with Crippen LogP contribution in [0.3, 0.4) is 0 Å². The first-order chi connectivity index (χ1) is 13.1. The van der Waals surface area contributed by atoms with Gasteiger partial charge in [-0.15, -0.1) is 0 Å². The highest BCUT2D eigenvalue weighted by atomic mass is 32.2. The van der Waals surface area contributed by atoms with E-state index in [1.807, 2.05) is 6.07 Å². The molecule has 0 aliphatic carbocycles. The number of carbonyl (C=O) groups is 1. The molecule has 0 bridgehead atoms. The zero-order valence-electron chi connectivity index (χ0n) is 14.4. The lowest BCUT2D eigenvalue weighted by molar-refractivity contribution is -0.141. The molecule has 0 aliphatic rings. The molecule has 2 heterocycles. The predicted octanol–water partition coefficient (Wildman–Crippen LogP) is 3.10. The van der Waals surface area contributed by atoms with E-state index in [1.54, 1.807) is 49.6 Å². The molecule has 3 rings (SSSR count). The summed E-state index contributed by atoms with van der Waals surface area (Å²) in [6.07, 6.45) is 3.51. The minimum atomic E-state index is -0.878. The van der Waals surface area contributed by atoms with Crippen molar-refractivity contribution < 1.29 is 18.7 Å². The smallest absolute Gasteiger partial charge is 0.352 e. The third kappa shape index (κ3) is 5.42. The minimum absolute atomic E-state index is 0.187. The molecule has 0 spiro atoms. The van der Waals surface area contributed by atoms with Gasteiger partial charge in [0.15, 0.2) is 11.3 Å². The Morgan fingerprint density at radius 1 is 1.19 bits per heavy atom. The van der Waals surface area contributed by atoms with Crippen molar-refractivity contribution in [1.82, 2.24) is 9.97 Å². The summed E-state index contributed by atoms with van der Waals surface area (Å²) in [6.45, 7) is 1.54. The van der Waals surface area contributed by atoms with Crippen LogP contribution in [-0.2, 0) is 10.5 Å². The van der Waals surface area contributed by atoms with Crippen molar-refractivity contribution >= 4 is 17.7 Å². The summed E-state index contributed by atoms with van der Waals surface area (Å²) in [6, 6.07) is 11.9. The number of thioether (sulfide) groups is 1. The molecule has 0 radical (unpaired) electrons. The molecule has 0 unspecified atom stereocenters. The van der Waals surface area contributed by atoms with Crippen molar-refractivity contribution in [2.24, 2.45) is 0 Å². The fourth-order valence-corrected chi connectivity index (χ4v) is 2.72. The number of aromatic nitrogens is 2. The van der Waals surface area contributed by atoms with Crippen molar-refractivity contribution in [3.05, 3.63) is 77.1 Å². The van der Waals surface area contributed by atoms with Gasteiger partial charge in [0.25, 0.3) is 0 Å². The second-order valence-electron chi connectivity index (χ2n) is 5.39. The van der Waals surface area contributed by atoms with Crippen molar-refractivity contribution in [3.63, 3.8) is 0 Å². The molecule has 3 aromatic rings. The van der Waals surface area contributed by atoms with Gasteiger partial charge in [-0.25, -0.2) is 14.8 Å². The first-order valence-corrected chi connectivity index (χ1v) is 9.05. The molecule has 1 atom stereocenters. The fourth-order valence-electron chi connectivity index (χ4n) is 2.03. The van der Waals surface area contributed by atoms with Gasteiger partial charge in [-0.2, -0.15) is 0 Å². The summed E-state index contributed by atoms with van der Waals surface area (Å²) >= 11 is 1.33. The summed E-state index contributed by atoms with van der Waals surface area (Å²) in [5.41, 5.74) is -0.453. The van der Waals surface area contributed by atoms with Crippen LogP contribution in [0, 0.1) is 0 Å². The van der Waals surface area contributed by atoms with Crippen molar-refractivity contribution in [3.8, 4) is 11.5 Å². The van der Waals surface area contributed by atoms with Gasteiger partial charge in [0, 0.05) is 18.5 Å². The molecule has 8 heteroatoms. The Morgan fingerprint density at radius 3 is 2.63 bits per heavy atom. The maximum atomic E-state index is 12.1. The van der Waals surface area contributed by atoms with Crippen LogP contribution in [-0.4, -0.2) is 22.0 Å². The highest BCUT2D eigenvalue weighted by molar-refractivity contribution is 7.98. The zero-order chi connectivity index (χ0) is 19.1. The molecule has 0 aliphatic heterocycles. The Bertz CT molecular complexity index is 947. The average molecular weight is 384 g/mol. The van der Waals surface area contributed by atoms with Crippen LogP contribution < -0.4 is 14.9 Å². The second kappa shape index (κ2) is 9.00. The van der Waals surface area contributed by atoms with Crippen molar-refractivity contribution in [2.45, 2.75) is 23.9 Å². The van der Waals surface area contributed by atoms with Gasteiger partial charge < -0.3 is 13.9 Å². The Balaban J connectivity index is 1.58. The van der Waals surface area contributed by atoms with E-state index >= 15 is 0 Å². The molecule has 0 amide bonds. The van der Waals surface area contributed by atoms with Crippen LogP contribution >= 0.6 is 11.8 Å². The number of esters is 1. The quantitative estimate of drug-likeness (QED) is 0.349. The molecule has 27 heavy (non-hydrogen) atoms. The van der Waals surface area contributed by atoms with Gasteiger partial charge in [0.2, 0.25) is 11.2 Å². The average Bonchev–Trinajstić information content (AvgIpc) is 2.69. The molecule has 7 nitrogen and oxygen atoms in total. The Labute approximate surface area is 159 Å².